The summed E-state index contributed by atoms with van der Waals surface area (Å²) in [5, 5.41) is 8.72. The van der Waals surface area contributed by atoms with Crippen LogP contribution in [0.4, 0.5) is 0 Å². The number of carbonyl (C=O) groups is 1. The van der Waals surface area contributed by atoms with Gasteiger partial charge >= 0.3 is 5.97 Å². The summed E-state index contributed by atoms with van der Waals surface area (Å²) in [4.78, 5) is 14.8. The lowest BCUT2D eigenvalue weighted by atomic mass is 10.00. The molecule has 0 fully saturated rings. The van der Waals surface area contributed by atoms with E-state index in [1.165, 1.54) is 6.39 Å². The van der Waals surface area contributed by atoms with Gasteiger partial charge in [-0.05, 0) is 18.9 Å². The Kier molecular flexibility index (Phi) is 3.23. The Morgan fingerprint density at radius 3 is 2.82 bits per heavy atom. The van der Waals surface area contributed by atoms with Crippen molar-refractivity contribution in [1.29, 1.82) is 0 Å². The zero-order valence-electron chi connectivity index (χ0n) is 9.51. The van der Waals surface area contributed by atoms with Crippen molar-refractivity contribution in [2.75, 3.05) is 0 Å². The molecule has 0 bridgehead atoms. The van der Waals surface area contributed by atoms with Crippen molar-refractivity contribution in [3.8, 4) is 11.3 Å². The molecular formula is C13H13NO3. The van der Waals surface area contributed by atoms with Crippen molar-refractivity contribution >= 4 is 5.97 Å². The highest BCUT2D eigenvalue weighted by atomic mass is 16.4. The molecule has 17 heavy (non-hydrogen) atoms. The smallest absolute Gasteiger partial charge is 0.303 e. The predicted octanol–water partition coefficient (Wildman–Crippen LogP) is 2.67. The van der Waals surface area contributed by atoms with E-state index in [0.29, 0.717) is 6.42 Å². The van der Waals surface area contributed by atoms with Crippen LogP contribution < -0.4 is 0 Å². The maximum Gasteiger partial charge on any atom is 0.303 e. The highest BCUT2D eigenvalue weighted by molar-refractivity contribution is 5.69. The van der Waals surface area contributed by atoms with Crippen LogP contribution in [0.5, 0.6) is 0 Å². The lowest BCUT2D eigenvalue weighted by molar-refractivity contribution is -0.136. The van der Waals surface area contributed by atoms with Crippen LogP contribution in [-0.4, -0.2) is 16.1 Å². The molecule has 0 unspecified atom stereocenters. The number of aryl methyl sites for hydroxylation is 2. The molecule has 2 rings (SSSR count). The normalized spacial score (nSPS) is 10.4. The average molecular weight is 231 g/mol. The standard InChI is InChI=1S/C13H13NO3/c1-9-13(14-8-17-9)11-5-3-2-4-10(11)6-7-12(15)16/h2-5,8H,6-7H2,1H3,(H,15,16). The lowest BCUT2D eigenvalue weighted by Crippen LogP contribution is -1.99. The third-order valence-corrected chi connectivity index (χ3v) is 2.63. The number of carboxylic acid groups (broad SMARTS) is 1. The number of aromatic nitrogens is 1. The van der Waals surface area contributed by atoms with Gasteiger partial charge in [-0.1, -0.05) is 24.3 Å². The molecule has 0 atom stereocenters. The van der Waals surface area contributed by atoms with Crippen molar-refractivity contribution in [2.45, 2.75) is 19.8 Å². The summed E-state index contributed by atoms with van der Waals surface area (Å²) in [6.07, 6.45) is 2.02. The van der Waals surface area contributed by atoms with Crippen LogP contribution in [0.1, 0.15) is 17.7 Å². The van der Waals surface area contributed by atoms with Gasteiger partial charge in [-0.25, -0.2) is 4.98 Å². The molecule has 0 amide bonds. The molecule has 1 aromatic heterocycles. The van der Waals surface area contributed by atoms with Gasteiger partial charge in [-0.15, -0.1) is 0 Å². The monoisotopic (exact) mass is 231 g/mol. The van der Waals surface area contributed by atoms with Gasteiger partial charge in [0.15, 0.2) is 6.39 Å². The van der Waals surface area contributed by atoms with E-state index >= 15 is 0 Å². The quantitative estimate of drug-likeness (QED) is 0.878. The molecule has 4 nitrogen and oxygen atoms in total. The van der Waals surface area contributed by atoms with Crippen LogP contribution in [0.25, 0.3) is 11.3 Å². The summed E-state index contributed by atoms with van der Waals surface area (Å²) < 4.78 is 5.17. The number of hydrogen-bond donors (Lipinski definition) is 1. The van der Waals surface area contributed by atoms with Crippen LogP contribution in [0.3, 0.4) is 0 Å². The molecule has 0 aliphatic rings. The summed E-state index contributed by atoms with van der Waals surface area (Å²) in [6.45, 7) is 1.84. The first kappa shape index (κ1) is 11.4. The second kappa shape index (κ2) is 4.82. The van der Waals surface area contributed by atoms with E-state index in [-0.39, 0.29) is 6.42 Å². The van der Waals surface area contributed by atoms with Gasteiger partial charge in [-0.3, -0.25) is 4.79 Å². The number of hydrogen-bond acceptors (Lipinski definition) is 3. The maximum atomic E-state index is 10.6. The number of nitrogens with zero attached hydrogens (tertiary/aromatic N) is 1. The summed E-state index contributed by atoms with van der Waals surface area (Å²) in [6, 6.07) is 7.66. The molecule has 0 saturated carbocycles. The molecule has 2 aromatic rings. The Bertz CT molecular complexity index is 531. The van der Waals surface area contributed by atoms with Gasteiger partial charge in [-0.2, -0.15) is 0 Å². The first-order chi connectivity index (χ1) is 8.18. The Balaban J connectivity index is 2.34. The molecule has 0 spiro atoms. The minimum absolute atomic E-state index is 0.119. The van der Waals surface area contributed by atoms with Crippen LogP contribution >= 0.6 is 0 Å². The van der Waals surface area contributed by atoms with E-state index in [4.69, 9.17) is 9.52 Å². The third kappa shape index (κ3) is 2.53. The number of rotatable bonds is 4. The zero-order chi connectivity index (χ0) is 12.3. The van der Waals surface area contributed by atoms with E-state index in [1.807, 2.05) is 31.2 Å². The van der Waals surface area contributed by atoms with Crippen LogP contribution in [0.2, 0.25) is 0 Å². The Labute approximate surface area is 98.9 Å². The SMILES string of the molecule is Cc1ocnc1-c1ccccc1CCC(=O)O. The van der Waals surface area contributed by atoms with Crippen molar-refractivity contribution < 1.29 is 14.3 Å². The number of oxazole rings is 1. The zero-order valence-corrected chi connectivity index (χ0v) is 9.51. The fourth-order valence-corrected chi connectivity index (χ4v) is 1.77. The molecule has 0 radical (unpaired) electrons. The van der Waals surface area contributed by atoms with Crippen molar-refractivity contribution in [3.05, 3.63) is 42.0 Å². The van der Waals surface area contributed by atoms with Gasteiger partial charge in [0.25, 0.3) is 0 Å². The minimum atomic E-state index is -0.795. The predicted molar refractivity (Wildman–Crippen MR) is 62.6 cm³/mol. The fourth-order valence-electron chi connectivity index (χ4n) is 1.77. The Morgan fingerprint density at radius 1 is 1.41 bits per heavy atom. The molecule has 4 heteroatoms. The Morgan fingerprint density at radius 2 is 2.18 bits per heavy atom. The average Bonchev–Trinajstić information content (AvgIpc) is 2.73. The molecule has 0 aliphatic heterocycles. The summed E-state index contributed by atoms with van der Waals surface area (Å²) in [5.74, 6) is -0.0514. The Hall–Kier alpha value is -2.10. The molecule has 1 aromatic carbocycles. The lowest BCUT2D eigenvalue weighted by Gasteiger charge is -2.06. The van der Waals surface area contributed by atoms with Gasteiger partial charge < -0.3 is 9.52 Å². The topological polar surface area (TPSA) is 63.3 Å². The molecule has 0 saturated heterocycles. The van der Waals surface area contributed by atoms with Crippen molar-refractivity contribution in [1.82, 2.24) is 4.98 Å². The number of aliphatic carboxylic acids is 1. The third-order valence-electron chi connectivity index (χ3n) is 2.63. The molecule has 1 N–H and O–H groups in total. The number of carboxylic acids is 1. The van der Waals surface area contributed by atoms with Crippen molar-refractivity contribution in [2.24, 2.45) is 0 Å². The van der Waals surface area contributed by atoms with E-state index in [2.05, 4.69) is 4.98 Å². The van der Waals surface area contributed by atoms with E-state index in [0.717, 1.165) is 22.6 Å². The van der Waals surface area contributed by atoms with E-state index < -0.39 is 5.97 Å². The van der Waals surface area contributed by atoms with Gasteiger partial charge in [0.1, 0.15) is 11.5 Å². The van der Waals surface area contributed by atoms with Gasteiger partial charge in [0.2, 0.25) is 0 Å². The van der Waals surface area contributed by atoms with Crippen LogP contribution in [0, 0.1) is 6.92 Å². The van der Waals surface area contributed by atoms with Crippen LogP contribution in [-0.2, 0) is 11.2 Å². The highest BCUT2D eigenvalue weighted by Crippen LogP contribution is 2.26. The van der Waals surface area contributed by atoms with Crippen molar-refractivity contribution in [3.63, 3.8) is 0 Å². The number of benzene rings is 1. The molecular weight excluding hydrogens is 218 g/mol. The summed E-state index contributed by atoms with van der Waals surface area (Å²) in [7, 11) is 0. The van der Waals surface area contributed by atoms with Gasteiger partial charge in [0.05, 0.1) is 0 Å². The first-order valence-electron chi connectivity index (χ1n) is 5.38. The molecule has 0 aliphatic carbocycles. The second-order valence-corrected chi connectivity index (χ2v) is 3.81. The summed E-state index contributed by atoms with van der Waals surface area (Å²) in [5.41, 5.74) is 2.71. The molecule has 88 valence electrons. The van der Waals surface area contributed by atoms with E-state index in [9.17, 15) is 4.79 Å². The second-order valence-electron chi connectivity index (χ2n) is 3.81. The maximum absolute atomic E-state index is 10.6. The van der Waals surface area contributed by atoms with E-state index in [1.54, 1.807) is 0 Å². The molecule has 1 heterocycles. The highest BCUT2D eigenvalue weighted by Gasteiger charge is 2.11. The minimum Gasteiger partial charge on any atom is -0.481 e. The van der Waals surface area contributed by atoms with Crippen LogP contribution in [0.15, 0.2) is 35.1 Å². The summed E-state index contributed by atoms with van der Waals surface area (Å²) >= 11 is 0. The fraction of sp³-hybridized carbons (Fsp3) is 0.231. The van der Waals surface area contributed by atoms with Gasteiger partial charge in [0, 0.05) is 12.0 Å². The first-order valence-corrected chi connectivity index (χ1v) is 5.38. The largest absolute Gasteiger partial charge is 0.481 e.